The van der Waals surface area contributed by atoms with Gasteiger partial charge in [0, 0.05) is 18.4 Å². The van der Waals surface area contributed by atoms with Crippen molar-refractivity contribution in [1.29, 1.82) is 0 Å². The Morgan fingerprint density at radius 3 is 2.95 bits per heavy atom. The second kappa shape index (κ2) is 6.43. The van der Waals surface area contributed by atoms with Crippen LogP contribution in [0.1, 0.15) is 28.8 Å². The summed E-state index contributed by atoms with van der Waals surface area (Å²) in [6.07, 6.45) is 4.50. The molecule has 19 heavy (non-hydrogen) atoms. The van der Waals surface area contributed by atoms with Gasteiger partial charge in [-0.2, -0.15) is 11.8 Å². The molecule has 1 N–H and O–H groups in total. The van der Waals surface area contributed by atoms with Gasteiger partial charge in [0.2, 0.25) is 0 Å². The molecule has 0 radical (unpaired) electrons. The molecule has 5 heteroatoms. The van der Waals surface area contributed by atoms with Crippen LogP contribution >= 0.6 is 11.8 Å². The van der Waals surface area contributed by atoms with Crippen molar-refractivity contribution >= 4 is 23.5 Å². The molecule has 0 atom stereocenters. The summed E-state index contributed by atoms with van der Waals surface area (Å²) in [4.78, 5) is 16.1. The fourth-order valence-corrected chi connectivity index (χ4v) is 2.18. The Bertz CT molecular complexity index is 566. The van der Waals surface area contributed by atoms with Gasteiger partial charge in [-0.25, -0.2) is 4.98 Å². The largest absolute Gasteiger partial charge is 0.456 e. The van der Waals surface area contributed by atoms with Crippen molar-refractivity contribution in [2.24, 2.45) is 0 Å². The number of carbonyl (C=O) groups excluding carboxylic acids is 1. The van der Waals surface area contributed by atoms with Crippen molar-refractivity contribution < 1.29 is 9.21 Å². The fourth-order valence-electron chi connectivity index (χ4n) is 1.67. The Balaban J connectivity index is 2.07. The number of aromatic nitrogens is 1. The summed E-state index contributed by atoms with van der Waals surface area (Å²) < 4.78 is 5.40. The third-order valence-electron chi connectivity index (χ3n) is 2.61. The molecule has 2 heterocycles. The third kappa shape index (κ3) is 3.61. The second-order valence-corrected chi connectivity index (χ2v) is 4.92. The summed E-state index contributed by atoms with van der Waals surface area (Å²) in [6, 6.07) is 7.30. The van der Waals surface area contributed by atoms with Crippen LogP contribution in [0.25, 0.3) is 0 Å². The van der Waals surface area contributed by atoms with E-state index in [1.165, 1.54) is 0 Å². The minimum absolute atomic E-state index is 0.270. The quantitative estimate of drug-likeness (QED) is 0.910. The molecule has 2 rings (SSSR count). The van der Waals surface area contributed by atoms with Crippen LogP contribution < -0.4 is 5.32 Å². The average Bonchev–Trinajstić information content (AvgIpc) is 2.88. The van der Waals surface area contributed by atoms with Crippen LogP contribution in [-0.2, 0) is 12.2 Å². The Morgan fingerprint density at radius 2 is 2.26 bits per heavy atom. The number of amides is 1. The van der Waals surface area contributed by atoms with Crippen LogP contribution in [0, 0.1) is 0 Å². The molecule has 0 aliphatic heterocycles. The number of aryl methyl sites for hydroxylation is 1. The zero-order valence-electron chi connectivity index (χ0n) is 11.0. The van der Waals surface area contributed by atoms with Crippen LogP contribution in [-0.4, -0.2) is 17.1 Å². The number of anilines is 1. The Kier molecular flexibility index (Phi) is 4.63. The molecule has 2 aromatic rings. The number of thioether (sulfide) groups is 1. The molecule has 4 nitrogen and oxygen atoms in total. The maximum absolute atomic E-state index is 12.0. The van der Waals surface area contributed by atoms with E-state index >= 15 is 0 Å². The van der Waals surface area contributed by atoms with E-state index in [9.17, 15) is 4.79 Å². The lowest BCUT2D eigenvalue weighted by Crippen LogP contribution is -2.12. The Labute approximate surface area is 116 Å². The van der Waals surface area contributed by atoms with Gasteiger partial charge in [0.15, 0.2) is 5.76 Å². The van der Waals surface area contributed by atoms with E-state index in [1.807, 2.05) is 31.4 Å². The number of hydrogen-bond acceptors (Lipinski definition) is 4. The van der Waals surface area contributed by atoms with E-state index in [2.05, 4.69) is 10.3 Å². The molecular formula is C14H16N2O2S. The predicted molar refractivity (Wildman–Crippen MR) is 77.5 cm³/mol. The lowest BCUT2D eigenvalue weighted by atomic mass is 10.3. The van der Waals surface area contributed by atoms with E-state index in [0.717, 1.165) is 23.5 Å². The molecule has 0 aliphatic carbocycles. The summed E-state index contributed by atoms with van der Waals surface area (Å²) in [5.41, 5.74) is 1.13. The smallest absolute Gasteiger partial charge is 0.292 e. The van der Waals surface area contributed by atoms with E-state index in [-0.39, 0.29) is 5.91 Å². The number of rotatable bonds is 5. The molecule has 0 unspecified atom stereocenters. The molecular weight excluding hydrogens is 260 g/mol. The predicted octanol–water partition coefficient (Wildman–Crippen LogP) is 3.35. The van der Waals surface area contributed by atoms with Gasteiger partial charge >= 0.3 is 0 Å². The minimum atomic E-state index is -0.270. The zero-order valence-corrected chi connectivity index (χ0v) is 11.8. The van der Waals surface area contributed by atoms with Crippen molar-refractivity contribution in [3.63, 3.8) is 0 Å². The number of nitrogens with zero attached hydrogens (tertiary/aromatic N) is 1. The Morgan fingerprint density at radius 1 is 1.42 bits per heavy atom. The molecule has 0 saturated carbocycles. The first kappa shape index (κ1) is 13.7. The van der Waals surface area contributed by atoms with Gasteiger partial charge in [0.1, 0.15) is 11.6 Å². The summed E-state index contributed by atoms with van der Waals surface area (Å²) in [5, 5.41) is 2.74. The van der Waals surface area contributed by atoms with E-state index in [1.54, 1.807) is 24.0 Å². The molecule has 100 valence electrons. The van der Waals surface area contributed by atoms with Gasteiger partial charge in [0.05, 0.1) is 0 Å². The summed E-state index contributed by atoms with van der Waals surface area (Å²) in [7, 11) is 0. The van der Waals surface area contributed by atoms with Gasteiger partial charge < -0.3 is 9.73 Å². The highest BCUT2D eigenvalue weighted by Crippen LogP contribution is 2.14. The van der Waals surface area contributed by atoms with Crippen LogP contribution in [0.4, 0.5) is 5.82 Å². The van der Waals surface area contributed by atoms with Crippen LogP contribution in [0.2, 0.25) is 0 Å². The molecule has 0 spiro atoms. The highest BCUT2D eigenvalue weighted by Gasteiger charge is 2.11. The van der Waals surface area contributed by atoms with Crippen LogP contribution in [0.15, 0.2) is 34.9 Å². The average molecular weight is 276 g/mol. The normalized spacial score (nSPS) is 10.4. The van der Waals surface area contributed by atoms with Crippen LogP contribution in [0.5, 0.6) is 0 Å². The van der Waals surface area contributed by atoms with Crippen molar-refractivity contribution in [3.8, 4) is 0 Å². The van der Waals surface area contributed by atoms with E-state index < -0.39 is 0 Å². The summed E-state index contributed by atoms with van der Waals surface area (Å²) in [6.45, 7) is 1.98. The first-order valence-electron chi connectivity index (χ1n) is 6.07. The standard InChI is InChI=1S/C14H16N2O2S/c1-3-11-4-5-12(18-11)14(17)16-13-8-10(9-19-2)6-7-15-13/h4-8H,3,9H2,1-2H3,(H,15,16,17). The molecule has 0 bridgehead atoms. The number of nitrogens with one attached hydrogen (secondary N) is 1. The number of pyridine rings is 1. The number of hydrogen-bond donors (Lipinski definition) is 1. The van der Waals surface area contributed by atoms with Crippen molar-refractivity contribution in [2.45, 2.75) is 19.1 Å². The second-order valence-electron chi connectivity index (χ2n) is 4.06. The maximum atomic E-state index is 12.0. The molecule has 1 amide bonds. The third-order valence-corrected chi connectivity index (χ3v) is 3.23. The first-order valence-corrected chi connectivity index (χ1v) is 7.46. The number of furan rings is 1. The van der Waals surface area contributed by atoms with Gasteiger partial charge in [-0.15, -0.1) is 0 Å². The van der Waals surface area contributed by atoms with Gasteiger partial charge in [-0.1, -0.05) is 6.92 Å². The molecule has 0 aliphatic rings. The van der Waals surface area contributed by atoms with E-state index in [0.29, 0.717) is 11.6 Å². The molecule has 0 saturated heterocycles. The molecule has 2 aromatic heterocycles. The minimum Gasteiger partial charge on any atom is -0.456 e. The zero-order chi connectivity index (χ0) is 13.7. The lowest BCUT2D eigenvalue weighted by Gasteiger charge is -2.04. The van der Waals surface area contributed by atoms with Crippen molar-refractivity contribution in [1.82, 2.24) is 4.98 Å². The summed E-state index contributed by atoms with van der Waals surface area (Å²) in [5.74, 6) is 2.29. The van der Waals surface area contributed by atoms with Gasteiger partial charge in [-0.05, 0) is 36.1 Å². The molecule has 0 fully saturated rings. The van der Waals surface area contributed by atoms with Crippen molar-refractivity contribution in [3.05, 3.63) is 47.5 Å². The van der Waals surface area contributed by atoms with E-state index in [4.69, 9.17) is 4.42 Å². The number of carbonyl (C=O) groups is 1. The monoisotopic (exact) mass is 276 g/mol. The Hall–Kier alpha value is -1.75. The molecule has 0 aromatic carbocycles. The van der Waals surface area contributed by atoms with Gasteiger partial charge in [-0.3, -0.25) is 4.79 Å². The topological polar surface area (TPSA) is 55.1 Å². The lowest BCUT2D eigenvalue weighted by molar-refractivity contribution is 0.0994. The van der Waals surface area contributed by atoms with Gasteiger partial charge in [0.25, 0.3) is 5.91 Å². The van der Waals surface area contributed by atoms with Crippen LogP contribution in [0.3, 0.4) is 0 Å². The highest BCUT2D eigenvalue weighted by atomic mass is 32.2. The van der Waals surface area contributed by atoms with Crippen molar-refractivity contribution in [2.75, 3.05) is 11.6 Å². The maximum Gasteiger partial charge on any atom is 0.292 e. The first-order chi connectivity index (χ1) is 9.22. The SMILES string of the molecule is CCc1ccc(C(=O)Nc2cc(CSC)ccn2)o1. The fraction of sp³-hybridized carbons (Fsp3) is 0.286. The summed E-state index contributed by atoms with van der Waals surface area (Å²) >= 11 is 1.73. The highest BCUT2D eigenvalue weighted by molar-refractivity contribution is 7.97.